The molecule has 1 fully saturated rings. The molecule has 3 rings (SSSR count). The normalized spacial score (nSPS) is 16.6. The van der Waals surface area contributed by atoms with Crippen molar-refractivity contribution in [1.82, 2.24) is 14.5 Å². The lowest BCUT2D eigenvalue weighted by Gasteiger charge is -2.34. The largest absolute Gasteiger partial charge is 0.464 e. The van der Waals surface area contributed by atoms with Gasteiger partial charge in [-0.05, 0) is 50.7 Å². The lowest BCUT2D eigenvalue weighted by Crippen LogP contribution is -2.49. The number of amides is 1. The van der Waals surface area contributed by atoms with E-state index in [1.807, 2.05) is 18.2 Å². The average molecular weight is 446 g/mol. The number of thioether (sulfide) groups is 1. The molecule has 0 unspecified atom stereocenters. The van der Waals surface area contributed by atoms with E-state index in [0.29, 0.717) is 48.1 Å². The van der Waals surface area contributed by atoms with Gasteiger partial charge >= 0.3 is 5.97 Å². The van der Waals surface area contributed by atoms with Crippen molar-refractivity contribution in [2.45, 2.75) is 64.2 Å². The minimum atomic E-state index is -0.519. The third kappa shape index (κ3) is 5.67. The zero-order valence-electron chi connectivity index (χ0n) is 18.5. The minimum absolute atomic E-state index is 0.0800. The molecule has 0 N–H and O–H groups in total. The molecular weight excluding hydrogens is 414 g/mol. The summed E-state index contributed by atoms with van der Waals surface area (Å²) in [6.07, 6.45) is 3.25. The first-order chi connectivity index (χ1) is 14.9. The topological polar surface area (TPSA) is 81.5 Å². The summed E-state index contributed by atoms with van der Waals surface area (Å²) >= 11 is 1.27. The number of esters is 1. The second-order valence-corrected chi connectivity index (χ2v) is 9.13. The van der Waals surface area contributed by atoms with Gasteiger partial charge in [0.2, 0.25) is 5.91 Å². The molecular formula is C23H31N3O4S. The average Bonchev–Trinajstić information content (AvgIpc) is 2.77. The van der Waals surface area contributed by atoms with Crippen LogP contribution >= 0.6 is 11.8 Å². The number of carbonyl (C=O) groups excluding carboxylic acids is 2. The van der Waals surface area contributed by atoms with Crippen LogP contribution in [0.15, 0.2) is 34.2 Å². The number of carbonyl (C=O) groups is 2. The van der Waals surface area contributed by atoms with Crippen LogP contribution in [0.4, 0.5) is 0 Å². The van der Waals surface area contributed by atoms with E-state index in [4.69, 9.17) is 4.74 Å². The number of rotatable bonds is 8. The maximum absolute atomic E-state index is 13.1. The van der Waals surface area contributed by atoms with Crippen LogP contribution < -0.4 is 5.56 Å². The summed E-state index contributed by atoms with van der Waals surface area (Å²) in [4.78, 5) is 44.7. The van der Waals surface area contributed by atoms with Gasteiger partial charge in [-0.3, -0.25) is 14.2 Å². The fraction of sp³-hybridized carbons (Fsp3) is 0.565. The molecule has 7 nitrogen and oxygen atoms in total. The highest BCUT2D eigenvalue weighted by Crippen LogP contribution is 2.23. The first kappa shape index (κ1) is 23.3. The molecule has 1 saturated heterocycles. The van der Waals surface area contributed by atoms with Crippen molar-refractivity contribution in [2.24, 2.45) is 5.92 Å². The van der Waals surface area contributed by atoms with Gasteiger partial charge in [0, 0.05) is 13.1 Å². The number of likely N-dealkylation sites (tertiary alicyclic amines) is 1. The molecule has 0 spiro atoms. The van der Waals surface area contributed by atoms with Crippen LogP contribution in [-0.4, -0.2) is 51.3 Å². The van der Waals surface area contributed by atoms with Crippen LogP contribution in [0, 0.1) is 5.92 Å². The van der Waals surface area contributed by atoms with E-state index in [-0.39, 0.29) is 23.2 Å². The predicted molar refractivity (Wildman–Crippen MR) is 122 cm³/mol. The quantitative estimate of drug-likeness (QED) is 0.352. The molecule has 0 radical (unpaired) electrons. The standard InChI is InChI=1S/C23H31N3O4S/c1-4-30-22(29)19-11-7-8-13-25(19)20(27)15-31-23-24-18-10-6-5-9-17(18)21(28)26(23)14-12-16(2)3/h5-6,9-10,16,19H,4,7-8,11-15H2,1-3H3/t19-/m0/s1. The fourth-order valence-corrected chi connectivity index (χ4v) is 4.68. The maximum atomic E-state index is 13.1. The molecule has 1 aromatic carbocycles. The van der Waals surface area contributed by atoms with Crippen molar-refractivity contribution in [3.63, 3.8) is 0 Å². The van der Waals surface area contributed by atoms with Crippen molar-refractivity contribution in [1.29, 1.82) is 0 Å². The van der Waals surface area contributed by atoms with Gasteiger partial charge in [-0.25, -0.2) is 9.78 Å². The number of benzene rings is 1. The Labute approximate surface area is 187 Å². The van der Waals surface area contributed by atoms with Crippen LogP contribution in [0.2, 0.25) is 0 Å². The number of para-hydroxylation sites is 1. The summed E-state index contributed by atoms with van der Waals surface area (Å²) in [6, 6.07) is 6.77. The molecule has 0 saturated carbocycles. The summed E-state index contributed by atoms with van der Waals surface area (Å²) in [5, 5.41) is 1.13. The van der Waals surface area contributed by atoms with E-state index < -0.39 is 6.04 Å². The summed E-state index contributed by atoms with van der Waals surface area (Å²) in [6.45, 7) is 7.40. The highest BCUT2D eigenvalue weighted by Gasteiger charge is 2.33. The molecule has 31 heavy (non-hydrogen) atoms. The summed E-state index contributed by atoms with van der Waals surface area (Å²) in [5.41, 5.74) is 0.550. The molecule has 0 bridgehead atoms. The van der Waals surface area contributed by atoms with E-state index in [2.05, 4.69) is 18.8 Å². The third-order valence-electron chi connectivity index (χ3n) is 5.46. The summed E-state index contributed by atoms with van der Waals surface area (Å²) in [7, 11) is 0. The van der Waals surface area contributed by atoms with Crippen molar-refractivity contribution in [2.75, 3.05) is 18.9 Å². The van der Waals surface area contributed by atoms with Crippen LogP contribution in [-0.2, 0) is 20.9 Å². The molecule has 1 atom stereocenters. The third-order valence-corrected chi connectivity index (χ3v) is 6.42. The summed E-state index contributed by atoms with van der Waals surface area (Å²) in [5.74, 6) is 0.109. The Balaban J connectivity index is 1.81. The highest BCUT2D eigenvalue weighted by molar-refractivity contribution is 7.99. The van der Waals surface area contributed by atoms with Crippen molar-refractivity contribution < 1.29 is 14.3 Å². The number of aromatic nitrogens is 2. The lowest BCUT2D eigenvalue weighted by molar-refractivity contribution is -0.155. The van der Waals surface area contributed by atoms with Crippen LogP contribution in [0.25, 0.3) is 10.9 Å². The second-order valence-electron chi connectivity index (χ2n) is 8.19. The zero-order valence-corrected chi connectivity index (χ0v) is 19.3. The van der Waals surface area contributed by atoms with Gasteiger partial charge in [0.1, 0.15) is 6.04 Å². The summed E-state index contributed by atoms with van der Waals surface area (Å²) < 4.78 is 6.84. The van der Waals surface area contributed by atoms with E-state index in [1.54, 1.807) is 22.5 Å². The van der Waals surface area contributed by atoms with Gasteiger partial charge in [0.05, 0.1) is 23.3 Å². The molecule has 8 heteroatoms. The molecule has 1 aliphatic rings. The molecule has 1 aliphatic heterocycles. The SMILES string of the molecule is CCOC(=O)[C@@H]1CCCCN1C(=O)CSc1nc2ccccc2c(=O)n1CCC(C)C. The second kappa shape index (κ2) is 10.8. The number of ether oxygens (including phenoxy) is 1. The van der Waals surface area contributed by atoms with Crippen LogP contribution in [0.5, 0.6) is 0 Å². The van der Waals surface area contributed by atoms with E-state index in [1.165, 1.54) is 11.8 Å². The molecule has 168 valence electrons. The van der Waals surface area contributed by atoms with Gasteiger partial charge in [0.25, 0.3) is 5.56 Å². The van der Waals surface area contributed by atoms with Gasteiger partial charge in [-0.15, -0.1) is 0 Å². The number of piperidine rings is 1. The predicted octanol–water partition coefficient (Wildman–Crippen LogP) is 3.48. The van der Waals surface area contributed by atoms with Gasteiger partial charge < -0.3 is 9.64 Å². The Morgan fingerprint density at radius 2 is 2.03 bits per heavy atom. The fourth-order valence-electron chi connectivity index (χ4n) is 3.77. The highest BCUT2D eigenvalue weighted by atomic mass is 32.2. The first-order valence-corrected chi connectivity index (χ1v) is 12.0. The number of nitrogens with zero attached hydrogens (tertiary/aromatic N) is 3. The molecule has 0 aliphatic carbocycles. The maximum Gasteiger partial charge on any atom is 0.328 e. The minimum Gasteiger partial charge on any atom is -0.464 e. The Hall–Kier alpha value is -2.35. The number of hydrogen-bond donors (Lipinski definition) is 0. The molecule has 1 amide bonds. The van der Waals surface area contributed by atoms with Crippen molar-refractivity contribution in [3.8, 4) is 0 Å². The van der Waals surface area contributed by atoms with E-state index in [9.17, 15) is 14.4 Å². The van der Waals surface area contributed by atoms with E-state index >= 15 is 0 Å². The molecule has 1 aromatic heterocycles. The Kier molecular flexibility index (Phi) is 8.12. The van der Waals surface area contributed by atoms with Crippen LogP contribution in [0.3, 0.4) is 0 Å². The monoisotopic (exact) mass is 445 g/mol. The Bertz CT molecular complexity index is 988. The molecule has 2 aromatic rings. The Morgan fingerprint density at radius 1 is 1.26 bits per heavy atom. The van der Waals surface area contributed by atoms with E-state index in [0.717, 1.165) is 19.3 Å². The van der Waals surface area contributed by atoms with Gasteiger partial charge in [0.15, 0.2) is 5.16 Å². The van der Waals surface area contributed by atoms with Gasteiger partial charge in [-0.2, -0.15) is 0 Å². The van der Waals surface area contributed by atoms with Crippen molar-refractivity contribution >= 4 is 34.5 Å². The van der Waals surface area contributed by atoms with Crippen molar-refractivity contribution in [3.05, 3.63) is 34.6 Å². The zero-order chi connectivity index (χ0) is 22.4. The van der Waals surface area contributed by atoms with Crippen LogP contribution in [0.1, 0.15) is 46.5 Å². The number of fused-ring (bicyclic) bond motifs is 1. The smallest absolute Gasteiger partial charge is 0.328 e. The number of hydrogen-bond acceptors (Lipinski definition) is 6. The first-order valence-electron chi connectivity index (χ1n) is 11.0. The molecule has 2 heterocycles. The Morgan fingerprint density at radius 3 is 2.77 bits per heavy atom. The lowest BCUT2D eigenvalue weighted by atomic mass is 10.0. The van der Waals surface area contributed by atoms with Gasteiger partial charge in [-0.1, -0.05) is 37.7 Å².